The lowest BCUT2D eigenvalue weighted by Crippen LogP contribution is -2.47. The number of quaternary nitrogens is 2. The zero-order valence-electron chi connectivity index (χ0n) is 55.1. The molecule has 8 nitrogen and oxygen atoms in total. The molecular weight excluding hydrogens is 997 g/mol. The fraction of sp³-hybridized carbons (Fsp3) is 1.00. The number of aliphatic hydroxyl groups is 2. The van der Waals surface area contributed by atoms with Crippen LogP contribution in [0.5, 0.6) is 0 Å². The minimum Gasteiger partial charge on any atom is -0.759 e. The predicted octanol–water partition coefficient (Wildman–Crippen LogP) is 21.4. The van der Waals surface area contributed by atoms with Crippen LogP contribution in [0, 0.1) is 0 Å². The molecule has 0 radical (unpaired) electrons. The number of rotatable bonds is 64. The summed E-state index contributed by atoms with van der Waals surface area (Å²) < 4.78 is 36.3. The second-order valence-electron chi connectivity index (χ2n) is 25.8. The summed E-state index contributed by atoms with van der Waals surface area (Å²) in [5.41, 5.74) is 0. The third-order valence-electron chi connectivity index (χ3n) is 17.5. The van der Waals surface area contributed by atoms with Crippen LogP contribution in [0.2, 0.25) is 0 Å². The highest BCUT2D eigenvalue weighted by molar-refractivity contribution is 7.79. The first-order chi connectivity index (χ1) is 38.4. The molecule has 0 amide bonds. The molecule has 0 fully saturated rings. The molecule has 0 atom stereocenters. The molecule has 0 bridgehead atoms. The van der Waals surface area contributed by atoms with Crippen LogP contribution < -0.4 is 0 Å². The van der Waals surface area contributed by atoms with Crippen LogP contribution in [-0.2, 0) is 10.4 Å². The van der Waals surface area contributed by atoms with Crippen molar-refractivity contribution >= 4 is 10.4 Å². The monoisotopic (exact) mass is 1150 g/mol. The van der Waals surface area contributed by atoms with Gasteiger partial charge in [0.05, 0.1) is 53.5 Å². The van der Waals surface area contributed by atoms with Crippen LogP contribution >= 0.6 is 0 Å². The normalized spacial score (nSPS) is 12.0. The van der Waals surface area contributed by atoms with Gasteiger partial charge in [-0.05, 0) is 51.4 Å². The summed E-state index contributed by atoms with van der Waals surface area (Å²) in [6.45, 7) is 16.8. The summed E-state index contributed by atoms with van der Waals surface area (Å²) in [7, 11) is -0.387. The zero-order chi connectivity index (χ0) is 58.8. The van der Waals surface area contributed by atoms with E-state index < -0.39 is 10.4 Å². The molecule has 2 N–H and O–H groups in total. The molecule has 0 heterocycles. The van der Waals surface area contributed by atoms with E-state index in [9.17, 15) is 10.2 Å². The van der Waals surface area contributed by atoms with Gasteiger partial charge in [-0.1, -0.05) is 336 Å². The largest absolute Gasteiger partial charge is 0.759 e. The molecule has 9 heteroatoms. The highest BCUT2D eigenvalue weighted by Gasteiger charge is 2.21. The van der Waals surface area contributed by atoms with Crippen LogP contribution in [0.4, 0.5) is 0 Å². The van der Waals surface area contributed by atoms with Crippen molar-refractivity contribution in [2.75, 3.05) is 66.6 Å². The van der Waals surface area contributed by atoms with Crippen LogP contribution in [0.1, 0.15) is 387 Å². The number of likely N-dealkylation sites (N-methyl/N-ethyl adjacent to an activating group) is 2. The lowest BCUT2D eigenvalue weighted by Gasteiger charge is -2.34. The van der Waals surface area contributed by atoms with Gasteiger partial charge in [0.25, 0.3) is 0 Å². The van der Waals surface area contributed by atoms with E-state index in [0.717, 1.165) is 22.1 Å². The van der Waals surface area contributed by atoms with Crippen molar-refractivity contribution in [2.24, 2.45) is 0 Å². The lowest BCUT2D eigenvalue weighted by molar-refractivity contribution is -0.910. The van der Waals surface area contributed by atoms with Gasteiger partial charge in [-0.3, -0.25) is 8.42 Å². The maximum absolute atomic E-state index is 9.62. The summed E-state index contributed by atoms with van der Waals surface area (Å²) in [6.07, 6.45) is 80.0. The topological polar surface area (TPSA) is 121 Å². The van der Waals surface area contributed by atoms with E-state index in [0.29, 0.717) is 13.2 Å². The third-order valence-corrected chi connectivity index (χ3v) is 17.5. The number of hydrogen-bond acceptors (Lipinski definition) is 6. The second kappa shape index (κ2) is 68.5. The average Bonchev–Trinajstić information content (AvgIpc) is 3.41. The van der Waals surface area contributed by atoms with Crippen molar-refractivity contribution in [3.63, 3.8) is 0 Å². The minimum atomic E-state index is -5.17. The van der Waals surface area contributed by atoms with Gasteiger partial charge < -0.3 is 28.3 Å². The Morgan fingerprint density at radius 3 is 0.430 bits per heavy atom. The van der Waals surface area contributed by atoms with Crippen molar-refractivity contribution in [2.45, 2.75) is 387 Å². The van der Waals surface area contributed by atoms with E-state index in [2.05, 4.69) is 41.8 Å². The quantitative estimate of drug-likeness (QED) is 0.0271. The van der Waals surface area contributed by atoms with Crippen LogP contribution in [0.15, 0.2) is 0 Å². The highest BCUT2D eigenvalue weighted by Crippen LogP contribution is 2.20. The molecule has 0 rings (SSSR count). The zero-order valence-corrected chi connectivity index (χ0v) is 55.9. The number of aliphatic hydroxyl groups excluding tert-OH is 2. The summed E-state index contributed by atoms with van der Waals surface area (Å²) in [5, 5.41) is 19.2. The van der Waals surface area contributed by atoms with Crippen molar-refractivity contribution in [1.82, 2.24) is 0 Å². The SMILES string of the molecule is CCCCCCCCCCCCCCCC[N+](C)(CCO)CCCCCCCCCCCCCCCC.CCCCCCCCCCCCCCCC[N+](C)(CCO)CCCCCCCCCCCCCCCC.O=S(=O)([O-])[O-]. The molecule has 480 valence electrons. The van der Waals surface area contributed by atoms with Gasteiger partial charge in [-0.25, -0.2) is 0 Å². The maximum atomic E-state index is 9.62. The average molecular weight is 1150 g/mol. The molecule has 0 saturated carbocycles. The molecule has 0 aliphatic carbocycles. The van der Waals surface area contributed by atoms with E-state index in [1.54, 1.807) is 0 Å². The smallest absolute Gasteiger partial charge is 0.102 e. The summed E-state index contributed by atoms with van der Waals surface area (Å²) in [4.78, 5) is 0. The third kappa shape index (κ3) is 77.7. The van der Waals surface area contributed by atoms with E-state index in [1.165, 1.54) is 386 Å². The predicted molar refractivity (Wildman–Crippen MR) is 347 cm³/mol. The molecule has 0 spiro atoms. The molecule has 0 aromatic rings. The highest BCUT2D eigenvalue weighted by atomic mass is 32.3. The van der Waals surface area contributed by atoms with Crippen molar-refractivity contribution in [1.29, 1.82) is 0 Å². The fourth-order valence-electron chi connectivity index (χ4n) is 11.9. The first-order valence-electron chi connectivity index (χ1n) is 35.9. The van der Waals surface area contributed by atoms with Gasteiger partial charge in [0, 0.05) is 10.4 Å². The van der Waals surface area contributed by atoms with Gasteiger partial charge in [0.2, 0.25) is 0 Å². The van der Waals surface area contributed by atoms with E-state index in [1.807, 2.05) is 0 Å². The molecule has 0 unspecified atom stereocenters. The second-order valence-corrected chi connectivity index (χ2v) is 26.6. The Balaban J connectivity index is -0.00000134. The number of unbranched alkanes of at least 4 members (excludes halogenated alkanes) is 52. The van der Waals surface area contributed by atoms with Crippen molar-refractivity contribution < 1.29 is 36.7 Å². The van der Waals surface area contributed by atoms with E-state index in [-0.39, 0.29) is 0 Å². The Labute approximate surface area is 498 Å². The van der Waals surface area contributed by atoms with Gasteiger partial charge in [-0.15, -0.1) is 0 Å². The minimum absolute atomic E-state index is 0.341. The summed E-state index contributed by atoms with van der Waals surface area (Å²) >= 11 is 0. The Hall–Kier alpha value is -0.290. The number of nitrogens with zero attached hydrogens (tertiary/aromatic N) is 2. The van der Waals surface area contributed by atoms with Crippen LogP contribution in [-0.4, -0.2) is 103 Å². The van der Waals surface area contributed by atoms with E-state index in [4.69, 9.17) is 17.5 Å². The fourth-order valence-corrected chi connectivity index (χ4v) is 11.9. The molecule has 0 aliphatic heterocycles. The molecule has 0 aliphatic rings. The molecule has 0 aromatic carbocycles. The van der Waals surface area contributed by atoms with E-state index >= 15 is 0 Å². The Morgan fingerprint density at radius 2 is 0.329 bits per heavy atom. The molecule has 79 heavy (non-hydrogen) atoms. The van der Waals surface area contributed by atoms with Crippen molar-refractivity contribution in [3.05, 3.63) is 0 Å². The Morgan fingerprint density at radius 1 is 0.228 bits per heavy atom. The van der Waals surface area contributed by atoms with Gasteiger partial charge >= 0.3 is 0 Å². The molecule has 0 saturated heterocycles. The Bertz CT molecular complexity index is 1060. The van der Waals surface area contributed by atoms with Crippen molar-refractivity contribution in [3.8, 4) is 0 Å². The molecule has 0 aromatic heterocycles. The first-order valence-corrected chi connectivity index (χ1v) is 37.3. The van der Waals surface area contributed by atoms with Gasteiger partial charge in [0.15, 0.2) is 0 Å². The van der Waals surface area contributed by atoms with Gasteiger partial charge in [-0.2, -0.15) is 0 Å². The lowest BCUT2D eigenvalue weighted by atomic mass is 10.0. The maximum Gasteiger partial charge on any atom is 0.102 e. The molecular formula is C70H148N2O6S. The number of hydrogen-bond donors (Lipinski definition) is 2. The summed E-state index contributed by atoms with van der Waals surface area (Å²) in [5.74, 6) is 0. The Kier molecular flexibility index (Phi) is 71.9. The van der Waals surface area contributed by atoms with Crippen LogP contribution in [0.3, 0.4) is 0 Å². The van der Waals surface area contributed by atoms with Gasteiger partial charge in [0.1, 0.15) is 13.1 Å². The standard InChI is InChI=1S/2C35H74NO.H2O4S/c2*1-4-6-8-10-12-14-16-18-20-22-24-26-28-30-32-36(3,34-35-37)33-31-29-27-25-23-21-19-17-15-13-11-9-7-5-2;1-5(2,3)4/h2*37H,4-35H2,1-3H3;(H2,1,2,3,4)/q2*+1;/p-2. The first kappa shape index (κ1) is 82.9. The summed E-state index contributed by atoms with van der Waals surface area (Å²) in [6, 6.07) is 0. The van der Waals surface area contributed by atoms with Crippen LogP contribution in [0.25, 0.3) is 0 Å².